The number of ether oxygens (including phenoxy) is 1. The van der Waals surface area contributed by atoms with Crippen LogP contribution < -0.4 is 16.8 Å². The Morgan fingerprint density at radius 1 is 1.40 bits per heavy atom. The minimum absolute atomic E-state index is 0.0275. The largest absolute Gasteiger partial charge is 0.460 e. The number of hydrogen-bond donors (Lipinski definition) is 2. The van der Waals surface area contributed by atoms with E-state index < -0.39 is 23.3 Å². The highest BCUT2D eigenvalue weighted by Crippen LogP contribution is 2.27. The average Bonchev–Trinajstić information content (AvgIpc) is 3.26. The number of anilines is 1. The van der Waals surface area contributed by atoms with Gasteiger partial charge < -0.3 is 20.3 Å². The maximum Gasteiger partial charge on any atom is 0.460 e. The number of nitrogens with two attached hydrogens (primary N) is 1. The molecule has 11 nitrogen and oxygen atoms in total. The number of hydrogen-bond acceptors (Lipinski definition) is 9. The molecule has 0 atom stereocenters. The fourth-order valence-electron chi connectivity index (χ4n) is 2.70. The highest BCUT2D eigenvalue weighted by Gasteiger charge is 2.23. The van der Waals surface area contributed by atoms with E-state index in [2.05, 4.69) is 36.5 Å². The van der Waals surface area contributed by atoms with Crippen LogP contribution in [0.15, 0.2) is 36.6 Å². The molecule has 3 N–H and O–H groups in total. The Balaban J connectivity index is 1.76. The molecule has 30 heavy (non-hydrogen) atoms. The first-order chi connectivity index (χ1) is 14.2. The van der Waals surface area contributed by atoms with Gasteiger partial charge in [0.1, 0.15) is 11.4 Å². The third-order valence-electron chi connectivity index (χ3n) is 4.02. The van der Waals surface area contributed by atoms with Crippen molar-refractivity contribution in [3.8, 4) is 17.2 Å². The molecule has 0 bridgehead atoms. The molecule has 0 aliphatic heterocycles. The van der Waals surface area contributed by atoms with E-state index in [4.69, 9.17) is 19.6 Å². The van der Waals surface area contributed by atoms with E-state index in [1.165, 1.54) is 18.2 Å². The molecule has 0 radical (unpaired) electrons. The number of amides is 1. The molecule has 0 unspecified atom stereocenters. The van der Waals surface area contributed by atoms with Gasteiger partial charge in [0.05, 0.1) is 10.2 Å². The van der Waals surface area contributed by atoms with Crippen molar-refractivity contribution in [3.05, 3.63) is 39.0 Å². The molecule has 160 valence electrons. The summed E-state index contributed by atoms with van der Waals surface area (Å²) in [5.74, 6) is -1.09. The minimum Gasteiger partial charge on any atom is -0.444 e. The zero-order chi connectivity index (χ0) is 21.9. The molecule has 13 heteroatoms. The lowest BCUT2D eigenvalue weighted by atomic mass is 10.0. The van der Waals surface area contributed by atoms with E-state index in [9.17, 15) is 14.0 Å². The minimum atomic E-state index is -0.871. The van der Waals surface area contributed by atoms with Crippen molar-refractivity contribution in [1.82, 2.24) is 20.0 Å². The van der Waals surface area contributed by atoms with Crippen molar-refractivity contribution < 1.29 is 23.1 Å². The van der Waals surface area contributed by atoms with E-state index in [1.54, 1.807) is 13.8 Å². The Morgan fingerprint density at radius 2 is 2.17 bits per heavy atom. The number of carbonyl (C=O) groups excluding carboxylic acids is 1. The topological polar surface area (TPSA) is 151 Å². The molecule has 0 saturated heterocycles. The number of carbonyl (C=O) groups is 1. The molecule has 0 spiro atoms. The highest BCUT2D eigenvalue weighted by atomic mass is 79.9. The number of halogens is 2. The summed E-state index contributed by atoms with van der Waals surface area (Å²) < 4.78 is 29.7. The molecule has 3 aromatic rings. The second kappa shape index (κ2) is 8.65. The lowest BCUT2D eigenvalue weighted by Crippen LogP contribution is -2.31. The van der Waals surface area contributed by atoms with E-state index in [-0.39, 0.29) is 21.8 Å². The van der Waals surface area contributed by atoms with Crippen LogP contribution in [0.25, 0.3) is 17.2 Å². The van der Waals surface area contributed by atoms with Crippen molar-refractivity contribution in [3.63, 3.8) is 0 Å². The standard InChI is InChI=1S/C17H18BrFN6O5/c1-17(2,28-15(20)26)6-3-7-21-13-12(23-30-24-13)14-22-16(27)29-25(14)9-4-5-11(19)10(18)8-9/h4-5,8H,3,6-7H2,1-2H3,(H2,20,26)(H,21,24). The van der Waals surface area contributed by atoms with Crippen molar-refractivity contribution in [2.45, 2.75) is 32.3 Å². The fraction of sp³-hybridized carbons (Fsp3) is 0.353. The van der Waals surface area contributed by atoms with Crippen LogP contribution in [0.5, 0.6) is 0 Å². The van der Waals surface area contributed by atoms with Crippen LogP contribution in [0.1, 0.15) is 26.7 Å². The van der Waals surface area contributed by atoms with Gasteiger partial charge in [-0.1, -0.05) is 0 Å². The van der Waals surface area contributed by atoms with Gasteiger partial charge >= 0.3 is 11.8 Å². The molecule has 2 heterocycles. The SMILES string of the molecule is CC(C)(CCCNc1nonc1-c1nc(=O)on1-c1ccc(F)c(Br)c1)OC(N)=O. The monoisotopic (exact) mass is 484 g/mol. The highest BCUT2D eigenvalue weighted by molar-refractivity contribution is 9.10. The summed E-state index contributed by atoms with van der Waals surface area (Å²) in [5, 5.41) is 10.6. The maximum absolute atomic E-state index is 13.5. The Labute approximate surface area is 177 Å². The summed E-state index contributed by atoms with van der Waals surface area (Å²) in [6, 6.07) is 4.04. The normalized spacial score (nSPS) is 11.5. The summed E-state index contributed by atoms with van der Waals surface area (Å²) in [5.41, 5.74) is 4.80. The van der Waals surface area contributed by atoms with E-state index in [0.29, 0.717) is 25.1 Å². The first-order valence-corrected chi connectivity index (χ1v) is 9.56. The smallest absolute Gasteiger partial charge is 0.444 e. The molecule has 1 amide bonds. The third kappa shape index (κ3) is 5.03. The third-order valence-corrected chi connectivity index (χ3v) is 4.63. The van der Waals surface area contributed by atoms with Gasteiger partial charge in [-0.15, -0.1) is 4.98 Å². The summed E-state index contributed by atoms with van der Waals surface area (Å²) in [6.45, 7) is 3.92. The Morgan fingerprint density at radius 3 is 2.87 bits per heavy atom. The van der Waals surface area contributed by atoms with Gasteiger partial charge in [-0.3, -0.25) is 0 Å². The fourth-order valence-corrected chi connectivity index (χ4v) is 3.07. The van der Waals surface area contributed by atoms with Gasteiger partial charge in [-0.25, -0.2) is 18.6 Å². The second-order valence-electron chi connectivity index (χ2n) is 6.86. The first-order valence-electron chi connectivity index (χ1n) is 8.77. The summed E-state index contributed by atoms with van der Waals surface area (Å²) in [6.07, 6.45) is 0.290. The number of rotatable bonds is 8. The number of benzene rings is 1. The van der Waals surface area contributed by atoms with E-state index >= 15 is 0 Å². The quantitative estimate of drug-likeness (QED) is 0.459. The van der Waals surface area contributed by atoms with Gasteiger partial charge in [0.15, 0.2) is 5.69 Å². The molecule has 0 aliphatic rings. The van der Waals surface area contributed by atoms with Crippen LogP contribution in [0.2, 0.25) is 0 Å². The number of aromatic nitrogens is 4. The maximum atomic E-state index is 13.5. The van der Waals surface area contributed by atoms with Crippen molar-refractivity contribution in [1.29, 1.82) is 0 Å². The molecule has 1 aromatic carbocycles. The zero-order valence-corrected chi connectivity index (χ0v) is 17.6. The molecule has 0 fully saturated rings. The van der Waals surface area contributed by atoms with Crippen LogP contribution in [-0.2, 0) is 4.74 Å². The van der Waals surface area contributed by atoms with Gasteiger partial charge in [0.25, 0.3) is 0 Å². The molecule has 3 rings (SSSR count). The second-order valence-corrected chi connectivity index (χ2v) is 7.71. The van der Waals surface area contributed by atoms with Crippen molar-refractivity contribution >= 4 is 27.8 Å². The number of primary amides is 1. The molecule has 2 aromatic heterocycles. The van der Waals surface area contributed by atoms with Gasteiger partial charge in [-0.05, 0) is 71.1 Å². The molecular weight excluding hydrogens is 467 g/mol. The van der Waals surface area contributed by atoms with Gasteiger partial charge in [-0.2, -0.15) is 4.74 Å². The van der Waals surface area contributed by atoms with Crippen LogP contribution in [0.3, 0.4) is 0 Å². The van der Waals surface area contributed by atoms with Gasteiger partial charge in [0, 0.05) is 6.54 Å². The zero-order valence-electron chi connectivity index (χ0n) is 16.0. The summed E-state index contributed by atoms with van der Waals surface area (Å²) >= 11 is 3.08. The average molecular weight is 485 g/mol. The predicted octanol–water partition coefficient (Wildman–Crippen LogP) is 2.84. The molecule has 0 saturated carbocycles. The predicted molar refractivity (Wildman–Crippen MR) is 106 cm³/mol. The van der Waals surface area contributed by atoms with Crippen molar-refractivity contribution in [2.75, 3.05) is 11.9 Å². The lowest BCUT2D eigenvalue weighted by Gasteiger charge is -2.23. The summed E-state index contributed by atoms with van der Waals surface area (Å²) in [7, 11) is 0. The van der Waals surface area contributed by atoms with E-state index in [1.807, 2.05) is 0 Å². The van der Waals surface area contributed by atoms with Gasteiger partial charge in [0.2, 0.25) is 11.6 Å². The van der Waals surface area contributed by atoms with Crippen LogP contribution in [0.4, 0.5) is 15.0 Å². The lowest BCUT2D eigenvalue weighted by molar-refractivity contribution is 0.0384. The summed E-state index contributed by atoms with van der Waals surface area (Å²) in [4.78, 5) is 26.5. The molecular formula is C17H18BrFN6O5. The van der Waals surface area contributed by atoms with E-state index in [0.717, 1.165) is 4.74 Å². The Hall–Kier alpha value is -3.22. The van der Waals surface area contributed by atoms with Crippen LogP contribution in [-0.4, -0.2) is 38.3 Å². The first kappa shape index (κ1) is 21.5. The van der Waals surface area contributed by atoms with Crippen LogP contribution >= 0.6 is 15.9 Å². The number of nitrogens with one attached hydrogen (secondary N) is 1. The molecule has 0 aliphatic carbocycles. The Kier molecular flexibility index (Phi) is 6.20. The number of nitrogens with zero attached hydrogens (tertiary/aromatic N) is 4. The van der Waals surface area contributed by atoms with Crippen molar-refractivity contribution in [2.24, 2.45) is 5.73 Å². The van der Waals surface area contributed by atoms with Crippen LogP contribution in [0, 0.1) is 5.82 Å². The Bertz CT molecular complexity index is 1110.